The van der Waals surface area contributed by atoms with Crippen molar-refractivity contribution in [2.75, 3.05) is 9.80 Å². The van der Waals surface area contributed by atoms with Gasteiger partial charge < -0.3 is 9.80 Å². The Morgan fingerprint density at radius 3 is 1.00 bits per heavy atom. The van der Waals surface area contributed by atoms with Crippen LogP contribution in [0.15, 0.2) is 273 Å². The molecule has 0 heterocycles. The van der Waals surface area contributed by atoms with Crippen molar-refractivity contribution in [1.29, 1.82) is 0 Å². The van der Waals surface area contributed by atoms with Crippen molar-refractivity contribution in [3.8, 4) is 22.3 Å². The summed E-state index contributed by atoms with van der Waals surface area (Å²) in [6.45, 7) is 0. The summed E-state index contributed by atoms with van der Waals surface area (Å²) >= 11 is 0. The van der Waals surface area contributed by atoms with Crippen molar-refractivity contribution in [2.24, 2.45) is 0 Å². The van der Waals surface area contributed by atoms with Gasteiger partial charge in [-0.1, -0.05) is 206 Å². The molecule has 1 aliphatic carbocycles. The maximum absolute atomic E-state index is 2.51. The molecule has 0 fully saturated rings. The number of hydrogen-bond donors (Lipinski definition) is 0. The molecule has 1 unspecified atom stereocenters. The van der Waals surface area contributed by atoms with Crippen LogP contribution in [0.5, 0.6) is 0 Å². The highest BCUT2D eigenvalue weighted by molar-refractivity contribution is 6.25. The van der Waals surface area contributed by atoms with E-state index in [9.17, 15) is 0 Å². The van der Waals surface area contributed by atoms with Gasteiger partial charge in [0.2, 0.25) is 0 Å². The quantitative estimate of drug-likeness (QED) is 0.133. The van der Waals surface area contributed by atoms with Gasteiger partial charge in [0.05, 0.1) is 0 Å². The summed E-state index contributed by atoms with van der Waals surface area (Å²) in [6, 6.07) is 99.8. The Kier molecular flexibility index (Phi) is 10.7. The maximum Gasteiger partial charge on any atom is 0.0462 e. The molecule has 13 aromatic rings. The second-order valence-corrected chi connectivity index (χ2v) is 19.6. The van der Waals surface area contributed by atoms with Crippen LogP contribution in [0.1, 0.15) is 17.9 Å². The maximum atomic E-state index is 2.51. The van der Waals surface area contributed by atoms with E-state index in [1.165, 1.54) is 92.1 Å². The SMILES string of the molecule is C1=c2c(c3ccccc3c3ccccc23)=CC(c2ccc(N(c3ccccc3)c3ccc(-c4ccc(N(c5ccccc5)c5ccc(-c6ccc7c8ccccc8c8ccccc8c7c6)cc5)cc4)cc3)cc2)C1. The van der Waals surface area contributed by atoms with Gasteiger partial charge in [0.15, 0.2) is 0 Å². The first-order valence-corrected chi connectivity index (χ1v) is 25.8. The second kappa shape index (κ2) is 18.3. The molecule has 0 bridgehead atoms. The average molecular weight is 943 g/mol. The van der Waals surface area contributed by atoms with Gasteiger partial charge in [-0.25, -0.2) is 0 Å². The molecule has 0 radical (unpaired) electrons. The molecule has 0 N–H and O–H groups in total. The fourth-order valence-electron chi connectivity index (χ4n) is 11.8. The van der Waals surface area contributed by atoms with Crippen molar-refractivity contribution in [3.63, 3.8) is 0 Å². The van der Waals surface area contributed by atoms with Gasteiger partial charge in [0.1, 0.15) is 0 Å². The number of fused-ring (bicyclic) bond motifs is 12. The molecule has 14 rings (SSSR count). The first kappa shape index (κ1) is 43.3. The van der Waals surface area contributed by atoms with E-state index >= 15 is 0 Å². The predicted molar refractivity (Wildman–Crippen MR) is 316 cm³/mol. The summed E-state index contributed by atoms with van der Waals surface area (Å²) in [6.07, 6.45) is 5.94. The Labute approximate surface area is 431 Å². The highest BCUT2D eigenvalue weighted by atomic mass is 15.1. The van der Waals surface area contributed by atoms with Gasteiger partial charge in [-0.2, -0.15) is 0 Å². The number of hydrogen-bond acceptors (Lipinski definition) is 2. The predicted octanol–water partition coefficient (Wildman–Crippen LogP) is 18.5. The van der Waals surface area contributed by atoms with Gasteiger partial charge >= 0.3 is 0 Å². The minimum absolute atomic E-state index is 0.293. The lowest BCUT2D eigenvalue weighted by Gasteiger charge is -2.27. The van der Waals surface area contributed by atoms with E-state index in [0.29, 0.717) is 5.92 Å². The van der Waals surface area contributed by atoms with Crippen LogP contribution in [0.2, 0.25) is 0 Å². The summed E-state index contributed by atoms with van der Waals surface area (Å²) < 4.78 is 0. The molecular formula is C72H50N2. The molecule has 1 atom stereocenters. The number of para-hydroxylation sites is 2. The van der Waals surface area contributed by atoms with E-state index in [1.807, 2.05) is 0 Å². The third-order valence-electron chi connectivity index (χ3n) is 15.4. The van der Waals surface area contributed by atoms with Gasteiger partial charge in [-0.05, 0) is 177 Å². The Morgan fingerprint density at radius 2 is 0.554 bits per heavy atom. The summed E-state index contributed by atoms with van der Waals surface area (Å²) in [4.78, 5) is 4.70. The highest BCUT2D eigenvalue weighted by Crippen LogP contribution is 2.41. The van der Waals surface area contributed by atoms with Crippen LogP contribution in [-0.2, 0) is 0 Å². The Morgan fingerprint density at radius 1 is 0.243 bits per heavy atom. The molecule has 348 valence electrons. The first-order valence-electron chi connectivity index (χ1n) is 25.8. The average Bonchev–Trinajstić information content (AvgIpc) is 3.50. The van der Waals surface area contributed by atoms with E-state index in [1.54, 1.807) is 0 Å². The van der Waals surface area contributed by atoms with Crippen LogP contribution in [0.3, 0.4) is 0 Å². The minimum Gasteiger partial charge on any atom is -0.311 e. The zero-order valence-corrected chi connectivity index (χ0v) is 40.8. The summed E-state index contributed by atoms with van der Waals surface area (Å²) in [7, 11) is 0. The lowest BCUT2D eigenvalue weighted by atomic mass is 9.87. The zero-order chi connectivity index (χ0) is 49.0. The number of rotatable bonds is 9. The zero-order valence-electron chi connectivity index (χ0n) is 40.8. The largest absolute Gasteiger partial charge is 0.311 e. The van der Waals surface area contributed by atoms with E-state index in [2.05, 4.69) is 295 Å². The van der Waals surface area contributed by atoms with Gasteiger partial charge in [0.25, 0.3) is 0 Å². The fourth-order valence-corrected chi connectivity index (χ4v) is 11.8. The molecule has 0 amide bonds. The molecule has 0 aromatic heterocycles. The topological polar surface area (TPSA) is 6.48 Å². The molecule has 2 nitrogen and oxygen atoms in total. The van der Waals surface area contributed by atoms with Crippen molar-refractivity contribution in [1.82, 2.24) is 0 Å². The Bertz CT molecular complexity index is 4320. The molecule has 74 heavy (non-hydrogen) atoms. The molecule has 1 aliphatic rings. The highest BCUT2D eigenvalue weighted by Gasteiger charge is 2.19. The normalized spacial score (nSPS) is 13.2. The van der Waals surface area contributed by atoms with Crippen LogP contribution in [0, 0.1) is 0 Å². The van der Waals surface area contributed by atoms with Crippen LogP contribution in [0.25, 0.3) is 88.3 Å². The lowest BCUT2D eigenvalue weighted by Crippen LogP contribution is -2.30. The van der Waals surface area contributed by atoms with Crippen molar-refractivity contribution >= 4 is 100 Å². The Balaban J connectivity index is 0.744. The van der Waals surface area contributed by atoms with E-state index in [-0.39, 0.29) is 0 Å². The smallest absolute Gasteiger partial charge is 0.0462 e. The summed E-state index contributed by atoms with van der Waals surface area (Å²) in [5.74, 6) is 0.293. The summed E-state index contributed by atoms with van der Waals surface area (Å²) in [5, 5.41) is 15.7. The van der Waals surface area contributed by atoms with E-state index in [0.717, 1.165) is 40.5 Å². The van der Waals surface area contributed by atoms with Crippen LogP contribution in [0.4, 0.5) is 34.1 Å². The van der Waals surface area contributed by atoms with E-state index in [4.69, 9.17) is 0 Å². The standard InChI is InChI=1S/C72H50N2/c1-3-15-55(16-4-1)73(59-41-31-51(32-42-59)53-35-45-69-65-23-9-7-19-61(65)63-21-11-13-25-67(63)71(69)47-53)57-37-27-49(28-38-57)50-29-39-58(40-30-50)74(56-17-5-2-6-18-56)60-43-33-52(34-44-60)54-36-46-70-66-24-10-8-20-62(66)64-22-12-14-26-68(64)72(70)48-54/h1-35,37-48,54H,36H2. The summed E-state index contributed by atoms with van der Waals surface area (Å²) in [5.41, 5.74) is 12.7. The number of nitrogens with zero attached hydrogens (tertiary/aromatic N) is 2. The van der Waals surface area contributed by atoms with Crippen molar-refractivity contribution in [3.05, 3.63) is 289 Å². The molecule has 13 aromatic carbocycles. The first-order chi connectivity index (χ1) is 36.7. The third kappa shape index (κ3) is 7.59. The monoisotopic (exact) mass is 942 g/mol. The molecule has 0 spiro atoms. The molecule has 0 saturated carbocycles. The van der Waals surface area contributed by atoms with Gasteiger partial charge in [-0.15, -0.1) is 0 Å². The molecular weight excluding hydrogens is 893 g/mol. The van der Waals surface area contributed by atoms with Crippen LogP contribution < -0.4 is 20.2 Å². The number of benzene rings is 13. The van der Waals surface area contributed by atoms with Crippen molar-refractivity contribution < 1.29 is 0 Å². The molecule has 2 heteroatoms. The van der Waals surface area contributed by atoms with Crippen LogP contribution >= 0.6 is 0 Å². The third-order valence-corrected chi connectivity index (χ3v) is 15.4. The fraction of sp³-hybridized carbons (Fsp3) is 0.0278. The number of anilines is 6. The van der Waals surface area contributed by atoms with Crippen molar-refractivity contribution in [2.45, 2.75) is 12.3 Å². The minimum atomic E-state index is 0.293. The van der Waals surface area contributed by atoms with E-state index < -0.39 is 0 Å². The lowest BCUT2D eigenvalue weighted by molar-refractivity contribution is 0.924. The second-order valence-electron chi connectivity index (χ2n) is 19.6. The molecule has 0 saturated heterocycles. The molecule has 0 aliphatic heterocycles. The van der Waals surface area contributed by atoms with Crippen LogP contribution in [-0.4, -0.2) is 0 Å². The van der Waals surface area contributed by atoms with Gasteiger partial charge in [0, 0.05) is 40.0 Å². The Hall–Kier alpha value is -9.50. The van der Waals surface area contributed by atoms with Gasteiger partial charge in [-0.3, -0.25) is 0 Å².